The summed E-state index contributed by atoms with van der Waals surface area (Å²) in [6.07, 6.45) is -4.26. The van der Waals surface area contributed by atoms with Gasteiger partial charge in [0.05, 0.1) is 55.3 Å². The number of benzene rings is 2. The van der Waals surface area contributed by atoms with Gasteiger partial charge in [-0.05, 0) is 19.9 Å². The molecule has 13 heteroatoms. The molecule has 2 saturated heterocycles. The van der Waals surface area contributed by atoms with Crippen LogP contribution in [0.1, 0.15) is 75.8 Å². The Balaban J connectivity index is 1.37. The number of ether oxygens (including phenoxy) is 4. The van der Waals surface area contributed by atoms with Crippen molar-refractivity contribution in [3.05, 3.63) is 51.6 Å². The van der Waals surface area contributed by atoms with Crippen molar-refractivity contribution in [2.45, 2.75) is 69.4 Å². The molecule has 2 aliphatic carbocycles. The van der Waals surface area contributed by atoms with E-state index < -0.39 is 82.6 Å². The summed E-state index contributed by atoms with van der Waals surface area (Å²) in [5.41, 5.74) is -2.98. The predicted molar refractivity (Wildman–Crippen MR) is 157 cm³/mol. The molecule has 2 aromatic carbocycles. The summed E-state index contributed by atoms with van der Waals surface area (Å²) in [7, 11) is 1.35. The number of carbonyl (C=O) groups excluding carboxylic acids is 3. The van der Waals surface area contributed by atoms with E-state index in [1.807, 2.05) is 0 Å². The molecule has 4 aliphatic rings. The molecule has 0 aromatic heterocycles. The number of carbonyl (C=O) groups is 3. The minimum absolute atomic E-state index is 0.00860. The molecule has 242 valence electrons. The Labute approximate surface area is 259 Å². The normalized spacial score (nSPS) is 29.9. The molecule has 0 unspecified atom stereocenters. The number of aliphatic hydroxyl groups excluding tert-OH is 1. The van der Waals surface area contributed by atoms with Crippen LogP contribution >= 0.6 is 0 Å². The van der Waals surface area contributed by atoms with Crippen molar-refractivity contribution < 1.29 is 53.8 Å². The Kier molecular flexibility index (Phi) is 8.46. The first-order valence-corrected chi connectivity index (χ1v) is 15.1. The number of nitrogens with zero attached hydrogens (tertiary/aromatic N) is 1. The van der Waals surface area contributed by atoms with Crippen LogP contribution in [0, 0.1) is 0 Å². The van der Waals surface area contributed by atoms with Gasteiger partial charge in [0.25, 0.3) is 0 Å². The number of ketones is 3. The summed E-state index contributed by atoms with van der Waals surface area (Å²) in [5.74, 6) is -3.11. The predicted octanol–water partition coefficient (Wildman–Crippen LogP) is 0.949. The molecule has 6 rings (SSSR count). The van der Waals surface area contributed by atoms with Gasteiger partial charge in [0, 0.05) is 61.8 Å². The van der Waals surface area contributed by atoms with Gasteiger partial charge >= 0.3 is 0 Å². The number of aromatic hydroxyl groups is 2. The van der Waals surface area contributed by atoms with E-state index in [2.05, 4.69) is 10.2 Å². The van der Waals surface area contributed by atoms with Crippen molar-refractivity contribution in [3.63, 3.8) is 0 Å². The standard InChI is InChI=1S/C32H38N2O11/c1-15-27(36)19(33-14-34-7-9-43-10-8-34)11-22(44-15)45-21-13-32(41,16(2)35)12-18-24(21)31(40)26-25(29(18)38)28(37)17-5-4-6-20(42-3)23(17)30(26)39/h4-6,15,19,21-22,27,33,36,38,40-41H,7-14H2,1-3H3/t15-,19-,21-,22-,27+,32-/m0/s1. The van der Waals surface area contributed by atoms with Gasteiger partial charge in [0.1, 0.15) is 22.8 Å². The van der Waals surface area contributed by atoms with Gasteiger partial charge in [-0.3, -0.25) is 24.6 Å². The van der Waals surface area contributed by atoms with Crippen LogP contribution in [-0.4, -0.2) is 113 Å². The van der Waals surface area contributed by atoms with Crippen LogP contribution in [0.3, 0.4) is 0 Å². The third-order valence-electron chi connectivity index (χ3n) is 9.43. The lowest BCUT2D eigenvalue weighted by Crippen LogP contribution is -2.56. The lowest BCUT2D eigenvalue weighted by Gasteiger charge is -2.43. The second-order valence-corrected chi connectivity index (χ2v) is 12.2. The monoisotopic (exact) mass is 626 g/mol. The average Bonchev–Trinajstić information content (AvgIpc) is 3.02. The number of phenols is 2. The Bertz CT molecular complexity index is 1540. The zero-order chi connectivity index (χ0) is 32.2. The third kappa shape index (κ3) is 5.42. The lowest BCUT2D eigenvalue weighted by molar-refractivity contribution is -0.250. The van der Waals surface area contributed by atoms with Crippen LogP contribution in [0.2, 0.25) is 0 Å². The Morgan fingerprint density at radius 2 is 1.82 bits per heavy atom. The second-order valence-electron chi connectivity index (χ2n) is 12.2. The first-order valence-electron chi connectivity index (χ1n) is 15.1. The number of morpholine rings is 1. The molecule has 0 amide bonds. The van der Waals surface area contributed by atoms with E-state index in [-0.39, 0.29) is 40.8 Å². The zero-order valence-corrected chi connectivity index (χ0v) is 25.4. The number of fused-ring (bicyclic) bond motifs is 3. The van der Waals surface area contributed by atoms with Crippen molar-refractivity contribution >= 4 is 17.3 Å². The fourth-order valence-corrected chi connectivity index (χ4v) is 6.83. The molecule has 0 saturated carbocycles. The largest absolute Gasteiger partial charge is 0.507 e. The topological polar surface area (TPSA) is 184 Å². The smallest absolute Gasteiger partial charge is 0.202 e. The van der Waals surface area contributed by atoms with E-state index >= 15 is 0 Å². The first-order chi connectivity index (χ1) is 21.4. The lowest BCUT2D eigenvalue weighted by atomic mass is 9.72. The summed E-state index contributed by atoms with van der Waals surface area (Å²) in [6.45, 7) is 6.13. The number of Topliss-reactive ketones (excluding diaryl/α,β-unsaturated/α-hetero) is 1. The number of rotatable bonds is 7. The molecule has 5 N–H and O–H groups in total. The zero-order valence-electron chi connectivity index (χ0n) is 25.4. The molecule has 0 bridgehead atoms. The van der Waals surface area contributed by atoms with Crippen LogP contribution < -0.4 is 10.1 Å². The number of hydrogen-bond acceptors (Lipinski definition) is 13. The fourth-order valence-electron chi connectivity index (χ4n) is 6.83. The van der Waals surface area contributed by atoms with Gasteiger partial charge in [0.15, 0.2) is 17.9 Å². The number of aliphatic hydroxyl groups is 2. The first kappa shape index (κ1) is 31.5. The van der Waals surface area contributed by atoms with E-state index in [0.29, 0.717) is 19.9 Å². The van der Waals surface area contributed by atoms with Gasteiger partial charge in [-0.1, -0.05) is 12.1 Å². The highest BCUT2D eigenvalue weighted by atomic mass is 16.7. The van der Waals surface area contributed by atoms with Gasteiger partial charge < -0.3 is 39.4 Å². The van der Waals surface area contributed by atoms with Gasteiger partial charge in [-0.25, -0.2) is 0 Å². The molecule has 2 aliphatic heterocycles. The van der Waals surface area contributed by atoms with Crippen molar-refractivity contribution in [2.75, 3.05) is 40.1 Å². The van der Waals surface area contributed by atoms with Crippen LogP contribution in [0.15, 0.2) is 18.2 Å². The highest BCUT2D eigenvalue weighted by molar-refractivity contribution is 6.31. The Morgan fingerprint density at radius 1 is 1.11 bits per heavy atom. The number of nitrogens with one attached hydrogen (secondary N) is 1. The minimum atomic E-state index is -2.01. The fraction of sp³-hybridized carbons (Fsp3) is 0.531. The summed E-state index contributed by atoms with van der Waals surface area (Å²) in [6, 6.07) is 4.04. The summed E-state index contributed by atoms with van der Waals surface area (Å²) in [5, 5.41) is 48.9. The van der Waals surface area contributed by atoms with Gasteiger partial charge in [-0.2, -0.15) is 0 Å². The Morgan fingerprint density at radius 3 is 2.51 bits per heavy atom. The van der Waals surface area contributed by atoms with Crippen molar-refractivity contribution in [3.8, 4) is 17.2 Å². The molecule has 2 aromatic rings. The van der Waals surface area contributed by atoms with Gasteiger partial charge in [-0.15, -0.1) is 0 Å². The third-order valence-corrected chi connectivity index (χ3v) is 9.43. The van der Waals surface area contributed by atoms with E-state index in [1.165, 1.54) is 32.2 Å². The van der Waals surface area contributed by atoms with E-state index in [1.54, 1.807) is 6.92 Å². The molecular weight excluding hydrogens is 588 g/mol. The molecule has 13 nitrogen and oxygen atoms in total. The molecular formula is C32H38N2O11. The Hall–Kier alpha value is -3.43. The van der Waals surface area contributed by atoms with Crippen LogP contribution in [0.25, 0.3) is 0 Å². The summed E-state index contributed by atoms with van der Waals surface area (Å²) >= 11 is 0. The van der Waals surface area contributed by atoms with Crippen LogP contribution in [-0.2, 0) is 25.4 Å². The van der Waals surface area contributed by atoms with E-state index in [4.69, 9.17) is 18.9 Å². The summed E-state index contributed by atoms with van der Waals surface area (Å²) < 4.78 is 23.0. The SMILES string of the molecule is COc1cccc2c1C(=O)c1c(O)c3c(c(O)c1C2=O)C[C@@](O)(C(C)=O)C[C@@H]3O[C@H]1C[C@H](NCN2CCOCC2)[C@H](O)[C@H](C)O1. The maximum atomic E-state index is 13.8. The van der Waals surface area contributed by atoms with Crippen LogP contribution in [0.5, 0.6) is 17.2 Å². The highest BCUT2D eigenvalue weighted by Crippen LogP contribution is 2.52. The molecule has 6 atom stereocenters. The van der Waals surface area contributed by atoms with E-state index in [9.17, 15) is 34.8 Å². The minimum Gasteiger partial charge on any atom is -0.507 e. The van der Waals surface area contributed by atoms with Crippen molar-refractivity contribution in [1.29, 1.82) is 0 Å². The maximum Gasteiger partial charge on any atom is 0.202 e. The van der Waals surface area contributed by atoms with Crippen LogP contribution in [0.4, 0.5) is 0 Å². The van der Waals surface area contributed by atoms with Gasteiger partial charge in [0.2, 0.25) is 5.78 Å². The van der Waals surface area contributed by atoms with Crippen molar-refractivity contribution in [1.82, 2.24) is 10.2 Å². The number of methoxy groups -OCH3 is 1. The molecule has 2 fully saturated rings. The molecule has 0 spiro atoms. The maximum absolute atomic E-state index is 13.8. The number of hydrogen-bond donors (Lipinski definition) is 5. The molecule has 45 heavy (non-hydrogen) atoms. The highest BCUT2D eigenvalue weighted by Gasteiger charge is 2.49. The molecule has 2 heterocycles. The average molecular weight is 627 g/mol. The number of phenolic OH excluding ortho intramolecular Hbond substituents is 2. The molecule has 0 radical (unpaired) electrons. The summed E-state index contributed by atoms with van der Waals surface area (Å²) in [4.78, 5) is 42.4. The quantitative estimate of drug-likeness (QED) is 0.234. The van der Waals surface area contributed by atoms with E-state index in [0.717, 1.165) is 13.1 Å². The second kappa shape index (κ2) is 12.1. The van der Waals surface area contributed by atoms with Crippen molar-refractivity contribution in [2.24, 2.45) is 0 Å².